The van der Waals surface area contributed by atoms with Gasteiger partial charge in [0.1, 0.15) is 0 Å². The molecule has 0 aromatic heterocycles. The van der Waals surface area contributed by atoms with Crippen molar-refractivity contribution in [3.05, 3.63) is 25.3 Å². The molecule has 0 aliphatic heterocycles. The molecule has 0 bridgehead atoms. The minimum atomic E-state index is -2.75. The molecule has 0 aliphatic rings. The minimum Gasteiger partial charge on any atom is -0.437 e. The van der Waals surface area contributed by atoms with Crippen molar-refractivity contribution in [3.63, 3.8) is 0 Å². The molecular weight excluding hydrogens is 1710 g/mol. The maximum absolute atomic E-state index is 6.68. The second kappa shape index (κ2) is 56.4. The van der Waals surface area contributed by atoms with Crippen LogP contribution in [0.5, 0.6) is 0 Å². The number of nitrogens with zero attached hydrogens (tertiary/aromatic N) is 1. The lowest BCUT2D eigenvalue weighted by Crippen LogP contribution is -2.59. The van der Waals surface area contributed by atoms with Crippen LogP contribution >= 0.6 is 0 Å². The largest absolute Gasteiger partial charge is 0.481 e. The normalized spacial score (nSPS) is 15.5. The molecule has 0 spiro atoms. The summed E-state index contributed by atoms with van der Waals surface area (Å²) < 4.78 is 92.7. The summed E-state index contributed by atoms with van der Waals surface area (Å²) in [6.45, 7) is 113. The lowest BCUT2D eigenvalue weighted by atomic mass is 10.2. The summed E-state index contributed by atoms with van der Waals surface area (Å²) in [5.41, 5.74) is 23.5. The van der Waals surface area contributed by atoms with Gasteiger partial charge in [-0.15, -0.1) is 13.2 Å². The monoisotopic (exact) mass is 1900 g/mol. The van der Waals surface area contributed by atoms with E-state index in [4.69, 9.17) is 80.9 Å². The molecule has 0 amide bonds. The first-order chi connectivity index (χ1) is 49.8. The van der Waals surface area contributed by atoms with Crippen LogP contribution in [-0.4, -0.2) is 249 Å². The molecule has 0 aromatic carbocycles. The first kappa shape index (κ1) is 125. The van der Waals surface area contributed by atoms with E-state index in [1.807, 2.05) is 0 Å². The highest BCUT2D eigenvalue weighted by Crippen LogP contribution is 2.33. The van der Waals surface area contributed by atoms with Gasteiger partial charge >= 0.3 is 68.7 Å². The van der Waals surface area contributed by atoms with Crippen molar-refractivity contribution in [2.45, 2.75) is 339 Å². The molecule has 23 nitrogen and oxygen atoms in total. The van der Waals surface area contributed by atoms with E-state index >= 15 is 0 Å². The molecule has 4 unspecified atom stereocenters. The Kier molecular flexibility index (Phi) is 63.1. The molecule has 41 heteroatoms. The fraction of sp³-hybridized carbons (Fsp3) is 0.944. The van der Waals surface area contributed by atoms with Crippen LogP contribution in [0.3, 0.4) is 0 Å². The van der Waals surface area contributed by atoms with E-state index in [0.717, 1.165) is 115 Å². The molecule has 0 rings (SSSR count). The Hall–Kier alpha value is 2.46. The van der Waals surface area contributed by atoms with Gasteiger partial charge in [-0.25, -0.2) is 0 Å². The average Bonchev–Trinajstić information content (AvgIpc) is 0.838. The van der Waals surface area contributed by atoms with E-state index in [1.54, 1.807) is 7.11 Å². The predicted molar refractivity (Wildman–Crippen MR) is 537 cm³/mol. The van der Waals surface area contributed by atoms with Gasteiger partial charge in [0.2, 0.25) is 0 Å². The van der Waals surface area contributed by atoms with E-state index in [2.05, 4.69) is 329 Å². The van der Waals surface area contributed by atoms with Crippen LogP contribution in [0.2, 0.25) is 279 Å². The van der Waals surface area contributed by atoms with Gasteiger partial charge in [-0.05, 0) is 371 Å². The second-order valence-corrected chi connectivity index (χ2v) is 113. The van der Waals surface area contributed by atoms with E-state index in [0.29, 0.717) is 25.6 Å². The highest BCUT2D eigenvalue weighted by atomic mass is 28.5. The molecule has 12 N–H and O–H groups in total. The molecule has 0 saturated heterocycles. The first-order valence-corrected chi connectivity index (χ1v) is 95.6. The summed E-state index contributed by atoms with van der Waals surface area (Å²) in [5, 5.41) is 10.1. The fourth-order valence-corrected chi connectivity index (χ4v) is 92.9. The number of hydrogen-bond donors (Lipinski definition) is 8. The zero-order valence-corrected chi connectivity index (χ0v) is 100. The molecule has 0 aliphatic carbocycles. The van der Waals surface area contributed by atoms with Gasteiger partial charge in [-0.1, -0.05) is 32.9 Å². The molecule has 680 valence electrons. The van der Waals surface area contributed by atoms with Crippen LogP contribution in [0.4, 0.5) is 0 Å². The third kappa shape index (κ3) is 78.4. The van der Waals surface area contributed by atoms with E-state index in [-0.39, 0.29) is 0 Å². The molecule has 0 fully saturated rings. The van der Waals surface area contributed by atoms with Crippen molar-refractivity contribution >= 4 is 152 Å². The Balaban J connectivity index is -0.000000312. The maximum atomic E-state index is 6.68. The second-order valence-electron chi connectivity index (χ2n) is 40.6. The van der Waals surface area contributed by atoms with Crippen LogP contribution in [-0.2, 0) is 57.9 Å². The molecule has 0 aromatic rings. The van der Waals surface area contributed by atoms with Gasteiger partial charge in [0.05, 0.1) is 0 Å². The Morgan fingerprint density at radius 1 is 0.375 bits per heavy atom. The van der Waals surface area contributed by atoms with Crippen molar-refractivity contribution < 1.29 is 57.9 Å². The van der Waals surface area contributed by atoms with Gasteiger partial charge in [0.15, 0.2) is 66.5 Å². The zero-order chi connectivity index (χ0) is 90.0. The highest BCUT2D eigenvalue weighted by molar-refractivity contribution is 6.92. The number of rotatable bonds is 56. The van der Waals surface area contributed by atoms with Crippen LogP contribution < -0.4 is 43.9 Å². The number of nitrogens with one attached hydrogen (secondary N) is 4. The lowest BCUT2D eigenvalue weighted by molar-refractivity contribution is 0.181. The third-order valence-corrected chi connectivity index (χ3v) is 77.6. The van der Waals surface area contributed by atoms with Crippen LogP contribution in [0.1, 0.15) is 59.8 Å². The Labute approximate surface area is 715 Å². The van der Waals surface area contributed by atoms with Crippen LogP contribution in [0.15, 0.2) is 25.3 Å². The lowest BCUT2D eigenvalue weighted by Gasteiger charge is -2.42. The quantitative estimate of drug-likeness (QED) is 0.0160. The minimum absolute atomic E-state index is 0.646. The summed E-state index contributed by atoms with van der Waals surface area (Å²) in [6.07, 6.45) is 5.16. The van der Waals surface area contributed by atoms with Gasteiger partial charge < -0.3 is 106 Å². The van der Waals surface area contributed by atoms with Crippen LogP contribution in [0.25, 0.3) is 0 Å². The Morgan fingerprint density at radius 2 is 0.714 bits per heavy atom. The summed E-state index contributed by atoms with van der Waals surface area (Å²) in [5.74, 6) is 0.646. The standard InChI is InChI=1S/C17H42N2O2Si3.C14H40N2O4Si4.C14H40N2O3Si4.C12H34N2O2Si3.C12H35NO3Si4.C2H4/c1-12-18-13-17(4)15-22(6,7)20-24(10,11)21-23(8,9)19(5)14-16(2)3;1-17-24(19-22(5,6)7,14-10-12-16-13-11-15)20-23(8,9)18-21(2,3)4;1-20(2,3)17-22(7,8)19-23(9,18-21(4,5)6)14-10-12-16-13-11-15;1-8-11-14-18(4,5)16-19(6,7)15-17(2,3)12-9-10-13;1-17(2,3)14-19(7,8)16-20(9,12-10-11-13)15-18(4,5)6;1-2/h17-18H,2,12-15H2,1,3-11H3;16H,10-15H2,1-9H3;16H,10-15H2,1-9H3;14H,8-13H2,1-7H3;10-13H2,1-9H3;1-2H2. The third-order valence-electron chi connectivity index (χ3n) is 14.9. The molecule has 0 heterocycles. The maximum Gasteiger partial charge on any atom is 0.481 e. The number of hydrogen-bond acceptors (Lipinski definition) is 23. The molecule has 112 heavy (non-hydrogen) atoms. The summed E-state index contributed by atoms with van der Waals surface area (Å²) in [7, 11) is -31.2. The summed E-state index contributed by atoms with van der Waals surface area (Å²) in [6, 6.07) is 5.05. The number of nitrogens with two attached hydrogens (primary N) is 4. The molecule has 0 saturated carbocycles. The van der Waals surface area contributed by atoms with Crippen molar-refractivity contribution in [2.75, 3.05) is 92.7 Å². The smallest absolute Gasteiger partial charge is 0.437 e. The van der Waals surface area contributed by atoms with Gasteiger partial charge in [0.25, 0.3) is 17.0 Å². The number of likely N-dealkylation sites (N-methyl/N-ethyl adjacent to an activating group) is 1. The van der Waals surface area contributed by atoms with E-state index in [1.165, 1.54) is 11.6 Å². The summed E-state index contributed by atoms with van der Waals surface area (Å²) in [4.78, 5) is 3.56. The average molecular weight is 1900 g/mol. The van der Waals surface area contributed by atoms with Gasteiger partial charge in [0, 0.05) is 45.9 Å². The van der Waals surface area contributed by atoms with Gasteiger partial charge in [-0.3, -0.25) is 0 Å². The first-order valence-electron chi connectivity index (χ1n) is 42.0. The van der Waals surface area contributed by atoms with Crippen molar-refractivity contribution in [3.8, 4) is 0 Å². The zero-order valence-electron chi connectivity index (χ0n) is 82.2. The molecule has 0 radical (unpaired) electrons. The van der Waals surface area contributed by atoms with E-state index < -0.39 is 152 Å². The van der Waals surface area contributed by atoms with Crippen molar-refractivity contribution in [2.24, 2.45) is 28.9 Å². The Bertz CT molecular complexity index is 2410. The molecular formula is C71H195N9O14Si18. The van der Waals surface area contributed by atoms with Crippen LogP contribution in [0, 0.1) is 5.92 Å². The SMILES string of the molecule is C=C.C=C(C)CN(C)[Si](C)(C)O[Si](C)(C)O[Si](C)(C)CC(C)CNCC.CCCN[Si](C)(C)O[Si](C)(C)O[Si](C)(C)CCCN.CO[Si](CCCNCCN)(O[Si](C)(C)C)O[Si](C)(C)O[Si](C)(C)C.C[Si](C)(C)O[Si](C)(C)O[Si](C)(CCCN)O[Si](C)(C)C.C[Si](C)(C)O[Si](C)(C)O[Si](C)(CCCNCCN)O[Si](C)(C)C. The summed E-state index contributed by atoms with van der Waals surface area (Å²) >= 11 is 0. The Morgan fingerprint density at radius 3 is 1.05 bits per heavy atom. The predicted octanol–water partition coefficient (Wildman–Crippen LogP) is 18.3. The van der Waals surface area contributed by atoms with E-state index in [9.17, 15) is 0 Å². The fourth-order valence-electron chi connectivity index (χ4n) is 13.5. The topological polar surface area (TPSA) is 285 Å². The van der Waals surface area contributed by atoms with Gasteiger partial charge in [-0.2, -0.15) is 0 Å². The molecule has 4 atom stereocenters. The van der Waals surface area contributed by atoms with Crippen molar-refractivity contribution in [1.29, 1.82) is 0 Å². The highest BCUT2D eigenvalue weighted by Gasteiger charge is 2.51. The van der Waals surface area contributed by atoms with Crippen molar-refractivity contribution in [1.82, 2.24) is 25.5 Å².